The summed E-state index contributed by atoms with van der Waals surface area (Å²) in [5.41, 5.74) is 3.07. The van der Waals surface area contributed by atoms with Gasteiger partial charge in [-0.3, -0.25) is 14.5 Å². The number of nitrogens with zero attached hydrogens (tertiary/aromatic N) is 3. The third kappa shape index (κ3) is 6.28. The number of aromatic nitrogens is 2. The van der Waals surface area contributed by atoms with Gasteiger partial charge in [0.05, 0.1) is 28.3 Å². The van der Waals surface area contributed by atoms with Crippen LogP contribution in [-0.2, 0) is 15.3 Å². The molecule has 5 rings (SSSR count). The van der Waals surface area contributed by atoms with Crippen LogP contribution >= 0.6 is 46.3 Å². The number of benzene rings is 3. The Kier molecular flexibility index (Phi) is 8.99. The van der Waals surface area contributed by atoms with Crippen LogP contribution in [0.5, 0.6) is 5.75 Å². The normalized spacial score (nSPS) is 16.4. The molecule has 0 bridgehead atoms. The lowest BCUT2D eigenvalue weighted by Crippen LogP contribution is -2.29. The molecular weight excluding hydrogens is 601 g/mol. The maximum Gasteiger partial charge on any atom is 0.301 e. The molecule has 4 aromatic rings. The van der Waals surface area contributed by atoms with E-state index in [4.69, 9.17) is 27.9 Å². The van der Waals surface area contributed by atoms with Crippen LogP contribution in [0, 0.1) is 6.92 Å². The molecule has 1 N–H and O–H groups in total. The largest absolute Gasteiger partial charge is 0.507 e. The molecule has 0 saturated carbocycles. The standard InChI is InChI=1S/C30H25Cl2N3O4S2/c1-3-14-39-21-11-8-19(9-12-21)26(36)24-25(20-10-13-22(31)23(32)15-20)35(28(38)27(24)37)29-33-34-30(41-29)40-16-18-6-4-17(2)5-7-18/h4-13,15,25,36H,3,14,16H2,1-2H3/b26-24-. The van der Waals surface area contributed by atoms with Crippen LogP contribution in [0.2, 0.25) is 10.0 Å². The van der Waals surface area contributed by atoms with Crippen LogP contribution in [-0.4, -0.2) is 33.6 Å². The van der Waals surface area contributed by atoms with Crippen molar-refractivity contribution in [2.24, 2.45) is 0 Å². The van der Waals surface area contributed by atoms with Gasteiger partial charge >= 0.3 is 5.91 Å². The van der Waals surface area contributed by atoms with Crippen LogP contribution in [0.25, 0.3) is 5.76 Å². The Morgan fingerprint density at radius 3 is 2.44 bits per heavy atom. The number of amides is 1. The van der Waals surface area contributed by atoms with E-state index in [1.165, 1.54) is 33.6 Å². The molecule has 210 valence electrons. The second-order valence-corrected chi connectivity index (χ2v) is 12.3. The van der Waals surface area contributed by atoms with Gasteiger partial charge in [-0.05, 0) is 60.9 Å². The molecule has 0 spiro atoms. The number of carbonyl (C=O) groups excluding carboxylic acids is 2. The van der Waals surface area contributed by atoms with Gasteiger partial charge in [-0.2, -0.15) is 0 Å². The second kappa shape index (κ2) is 12.7. The lowest BCUT2D eigenvalue weighted by atomic mass is 9.95. The summed E-state index contributed by atoms with van der Waals surface area (Å²) < 4.78 is 6.27. The van der Waals surface area contributed by atoms with Crippen molar-refractivity contribution >= 4 is 68.9 Å². The molecule has 0 radical (unpaired) electrons. The summed E-state index contributed by atoms with van der Waals surface area (Å²) in [5, 5.41) is 20.7. The molecule has 1 fully saturated rings. The highest BCUT2D eigenvalue weighted by Gasteiger charge is 2.48. The molecule has 1 aromatic heterocycles. The maximum absolute atomic E-state index is 13.5. The Hall–Kier alpha value is -3.37. The maximum atomic E-state index is 13.5. The molecule has 11 heteroatoms. The van der Waals surface area contributed by atoms with Crippen molar-refractivity contribution in [2.45, 2.75) is 36.4 Å². The highest BCUT2D eigenvalue weighted by molar-refractivity contribution is 8.00. The van der Waals surface area contributed by atoms with E-state index in [2.05, 4.69) is 22.3 Å². The van der Waals surface area contributed by atoms with Crippen molar-refractivity contribution in [1.29, 1.82) is 0 Å². The fourth-order valence-electron chi connectivity index (χ4n) is 4.30. The summed E-state index contributed by atoms with van der Waals surface area (Å²) in [7, 11) is 0. The summed E-state index contributed by atoms with van der Waals surface area (Å²) >= 11 is 15.2. The molecule has 2 heterocycles. The van der Waals surface area contributed by atoms with Gasteiger partial charge < -0.3 is 9.84 Å². The summed E-state index contributed by atoms with van der Waals surface area (Å²) in [5.74, 6) is -0.676. The second-order valence-electron chi connectivity index (χ2n) is 9.34. The Labute approximate surface area is 255 Å². The minimum atomic E-state index is -0.997. The van der Waals surface area contributed by atoms with Crippen molar-refractivity contribution in [1.82, 2.24) is 10.2 Å². The number of hydrogen-bond acceptors (Lipinski definition) is 8. The lowest BCUT2D eigenvalue weighted by Gasteiger charge is -2.23. The smallest absolute Gasteiger partial charge is 0.301 e. The average Bonchev–Trinajstić information content (AvgIpc) is 3.55. The summed E-state index contributed by atoms with van der Waals surface area (Å²) in [6.45, 7) is 4.59. The number of hydrogen-bond donors (Lipinski definition) is 1. The molecule has 1 amide bonds. The number of ether oxygens (including phenoxy) is 1. The van der Waals surface area contributed by atoms with Crippen molar-refractivity contribution in [2.75, 3.05) is 11.5 Å². The van der Waals surface area contributed by atoms with E-state index in [0.29, 0.717) is 38.6 Å². The molecule has 7 nitrogen and oxygen atoms in total. The van der Waals surface area contributed by atoms with Gasteiger partial charge in [0.25, 0.3) is 5.78 Å². The molecule has 41 heavy (non-hydrogen) atoms. The first-order valence-electron chi connectivity index (χ1n) is 12.8. The van der Waals surface area contributed by atoms with Gasteiger partial charge in [0.1, 0.15) is 11.5 Å². The van der Waals surface area contributed by atoms with Gasteiger partial charge in [0.15, 0.2) is 4.34 Å². The zero-order valence-electron chi connectivity index (χ0n) is 22.1. The van der Waals surface area contributed by atoms with Gasteiger partial charge in [-0.1, -0.05) is 89.1 Å². The Morgan fingerprint density at radius 2 is 1.76 bits per heavy atom. The van der Waals surface area contributed by atoms with E-state index in [1.54, 1.807) is 42.5 Å². The van der Waals surface area contributed by atoms with Gasteiger partial charge in [-0.25, -0.2) is 0 Å². The van der Waals surface area contributed by atoms with Crippen LogP contribution in [0.1, 0.15) is 41.6 Å². The van der Waals surface area contributed by atoms with Crippen molar-refractivity contribution < 1.29 is 19.4 Å². The van der Waals surface area contributed by atoms with Gasteiger partial charge in [-0.15, -0.1) is 10.2 Å². The molecule has 0 aliphatic carbocycles. The number of halogens is 2. The van der Waals surface area contributed by atoms with Crippen LogP contribution in [0.4, 0.5) is 5.13 Å². The van der Waals surface area contributed by atoms with Crippen LogP contribution in [0.3, 0.4) is 0 Å². The van der Waals surface area contributed by atoms with E-state index >= 15 is 0 Å². The number of thioether (sulfide) groups is 1. The summed E-state index contributed by atoms with van der Waals surface area (Å²) in [6.07, 6.45) is 0.854. The topological polar surface area (TPSA) is 92.6 Å². The number of aliphatic hydroxyl groups excluding tert-OH is 1. The number of aryl methyl sites for hydroxylation is 1. The minimum absolute atomic E-state index is 0.0836. The number of rotatable bonds is 9. The highest BCUT2D eigenvalue weighted by Crippen LogP contribution is 2.45. The predicted molar refractivity (Wildman–Crippen MR) is 164 cm³/mol. The first kappa shape index (κ1) is 29.1. The van der Waals surface area contributed by atoms with Gasteiger partial charge in [0.2, 0.25) is 5.13 Å². The highest BCUT2D eigenvalue weighted by atomic mass is 35.5. The van der Waals surface area contributed by atoms with E-state index < -0.39 is 17.7 Å². The van der Waals surface area contributed by atoms with E-state index in [-0.39, 0.29) is 21.5 Å². The zero-order chi connectivity index (χ0) is 29.1. The Balaban J connectivity index is 1.52. The predicted octanol–water partition coefficient (Wildman–Crippen LogP) is 7.86. The van der Waals surface area contributed by atoms with Crippen molar-refractivity contribution in [3.05, 3.63) is 105 Å². The number of carbonyl (C=O) groups is 2. The van der Waals surface area contributed by atoms with Crippen LogP contribution < -0.4 is 9.64 Å². The summed E-state index contributed by atoms with van der Waals surface area (Å²) in [4.78, 5) is 28.2. The zero-order valence-corrected chi connectivity index (χ0v) is 25.3. The fraction of sp³-hybridized carbons (Fsp3) is 0.200. The monoisotopic (exact) mass is 625 g/mol. The molecular formula is C30H25Cl2N3O4S2. The SMILES string of the molecule is CCCOc1ccc(/C(O)=C2/C(=O)C(=O)N(c3nnc(SCc4ccc(C)cc4)s3)C2c2ccc(Cl)c(Cl)c2)cc1. The number of aliphatic hydroxyl groups is 1. The fourth-order valence-corrected chi connectivity index (χ4v) is 6.43. The minimum Gasteiger partial charge on any atom is -0.507 e. The molecule has 1 aliphatic heterocycles. The number of ketones is 1. The summed E-state index contributed by atoms with van der Waals surface area (Å²) in [6, 6.07) is 18.7. The van der Waals surface area contributed by atoms with Crippen LogP contribution in [0.15, 0.2) is 76.6 Å². The average molecular weight is 627 g/mol. The first-order chi connectivity index (χ1) is 19.8. The first-order valence-corrected chi connectivity index (χ1v) is 15.3. The van der Waals surface area contributed by atoms with Crippen molar-refractivity contribution in [3.63, 3.8) is 0 Å². The van der Waals surface area contributed by atoms with Crippen molar-refractivity contribution in [3.8, 4) is 5.75 Å². The lowest BCUT2D eigenvalue weighted by molar-refractivity contribution is -0.132. The number of Topliss-reactive ketones (excluding diaryl/α,β-unsaturated/α-hetero) is 1. The van der Waals surface area contributed by atoms with E-state index in [9.17, 15) is 14.7 Å². The van der Waals surface area contributed by atoms with E-state index in [1.807, 2.05) is 26.0 Å². The molecule has 1 aliphatic rings. The Bertz CT molecular complexity index is 1620. The van der Waals surface area contributed by atoms with E-state index in [0.717, 1.165) is 12.0 Å². The van der Waals surface area contributed by atoms with Gasteiger partial charge in [0, 0.05) is 11.3 Å². The molecule has 3 aromatic carbocycles. The molecule has 1 atom stereocenters. The third-order valence-corrected chi connectivity index (χ3v) is 9.26. The Morgan fingerprint density at radius 1 is 1.02 bits per heavy atom. The quantitative estimate of drug-likeness (QED) is 0.0665. The third-order valence-electron chi connectivity index (χ3n) is 6.39. The molecule has 1 unspecified atom stereocenters. The molecule has 1 saturated heterocycles. The number of anilines is 1.